The maximum absolute atomic E-state index is 12.2. The first-order chi connectivity index (χ1) is 9.92. The zero-order chi connectivity index (χ0) is 15.5. The molecule has 2 rings (SSSR count). The average molecular weight is 365 g/mol. The van der Waals surface area contributed by atoms with Crippen LogP contribution in [-0.2, 0) is 16.6 Å². The lowest BCUT2D eigenvalue weighted by molar-refractivity contribution is 0.581. The molecule has 0 bridgehead atoms. The average Bonchev–Trinajstić information content (AvgIpc) is 2.45. The van der Waals surface area contributed by atoms with E-state index in [2.05, 4.69) is 20.7 Å². The molecule has 108 valence electrons. The molecule has 2 aromatic carbocycles. The first-order valence-electron chi connectivity index (χ1n) is 6.17. The fraction of sp³-hybridized carbons (Fsp3) is 0.133. The minimum absolute atomic E-state index is 0.161. The van der Waals surface area contributed by atoms with Crippen LogP contribution in [0.15, 0.2) is 51.8 Å². The van der Waals surface area contributed by atoms with Gasteiger partial charge in [-0.25, -0.2) is 13.1 Å². The van der Waals surface area contributed by atoms with Crippen molar-refractivity contribution in [2.75, 3.05) is 0 Å². The fourth-order valence-corrected chi connectivity index (χ4v) is 3.39. The Bertz CT molecular complexity index is 811. The van der Waals surface area contributed by atoms with E-state index in [4.69, 9.17) is 5.26 Å². The molecule has 0 unspecified atom stereocenters. The van der Waals surface area contributed by atoms with Gasteiger partial charge in [-0.05, 0) is 48.4 Å². The first kappa shape index (κ1) is 15.7. The maximum atomic E-state index is 12.2. The van der Waals surface area contributed by atoms with Gasteiger partial charge in [0, 0.05) is 11.0 Å². The monoisotopic (exact) mass is 364 g/mol. The third kappa shape index (κ3) is 3.91. The molecule has 0 amide bonds. The highest BCUT2D eigenvalue weighted by Crippen LogP contribution is 2.16. The fourth-order valence-electron chi connectivity index (χ4n) is 1.84. The van der Waals surface area contributed by atoms with Gasteiger partial charge >= 0.3 is 0 Å². The van der Waals surface area contributed by atoms with Gasteiger partial charge in [-0.2, -0.15) is 5.26 Å². The lowest BCUT2D eigenvalue weighted by Crippen LogP contribution is -2.23. The van der Waals surface area contributed by atoms with Gasteiger partial charge in [0.2, 0.25) is 10.0 Å². The molecule has 0 heterocycles. The van der Waals surface area contributed by atoms with Crippen molar-refractivity contribution >= 4 is 26.0 Å². The highest BCUT2D eigenvalue weighted by molar-refractivity contribution is 9.10. The van der Waals surface area contributed by atoms with Crippen molar-refractivity contribution in [1.29, 1.82) is 5.26 Å². The predicted octanol–water partition coefficient (Wildman–Crippen LogP) is 3.11. The van der Waals surface area contributed by atoms with Gasteiger partial charge < -0.3 is 0 Å². The van der Waals surface area contributed by atoms with Crippen LogP contribution < -0.4 is 4.72 Å². The number of rotatable bonds is 4. The molecule has 0 aliphatic carbocycles. The Morgan fingerprint density at radius 1 is 1.24 bits per heavy atom. The zero-order valence-electron chi connectivity index (χ0n) is 11.3. The molecule has 4 nitrogen and oxygen atoms in total. The van der Waals surface area contributed by atoms with Gasteiger partial charge in [0.25, 0.3) is 0 Å². The molecule has 0 fully saturated rings. The topological polar surface area (TPSA) is 70.0 Å². The van der Waals surface area contributed by atoms with Crippen LogP contribution in [0.2, 0.25) is 0 Å². The van der Waals surface area contributed by atoms with Crippen molar-refractivity contribution in [2.24, 2.45) is 0 Å². The molecule has 0 atom stereocenters. The number of aryl methyl sites for hydroxylation is 1. The Kier molecular flexibility index (Phi) is 4.78. The van der Waals surface area contributed by atoms with Crippen molar-refractivity contribution in [2.45, 2.75) is 18.4 Å². The van der Waals surface area contributed by atoms with E-state index in [9.17, 15) is 8.42 Å². The number of nitrogens with one attached hydrogen (secondary N) is 1. The summed E-state index contributed by atoms with van der Waals surface area (Å²) >= 11 is 3.35. The molecule has 0 aliphatic heterocycles. The second kappa shape index (κ2) is 6.39. The quantitative estimate of drug-likeness (QED) is 0.905. The highest BCUT2D eigenvalue weighted by Gasteiger charge is 2.14. The van der Waals surface area contributed by atoms with Crippen LogP contribution in [0.5, 0.6) is 0 Å². The second-order valence-electron chi connectivity index (χ2n) is 4.54. The van der Waals surface area contributed by atoms with Crippen LogP contribution in [0, 0.1) is 18.3 Å². The van der Waals surface area contributed by atoms with Gasteiger partial charge in [-0.15, -0.1) is 0 Å². The summed E-state index contributed by atoms with van der Waals surface area (Å²) in [5, 5.41) is 8.87. The van der Waals surface area contributed by atoms with E-state index >= 15 is 0 Å². The predicted molar refractivity (Wildman–Crippen MR) is 84.1 cm³/mol. The minimum atomic E-state index is -3.59. The standard InChI is InChI=1S/C15H13BrN2O2S/c1-11-7-15(6-5-13(11)9-17)21(19,20)18-10-12-3-2-4-14(16)8-12/h2-8,18H,10H2,1H3. The number of hydrogen-bond donors (Lipinski definition) is 1. The summed E-state index contributed by atoms with van der Waals surface area (Å²) in [7, 11) is -3.59. The van der Waals surface area contributed by atoms with Crippen LogP contribution in [0.4, 0.5) is 0 Å². The number of nitrogens with zero attached hydrogens (tertiary/aromatic N) is 1. The van der Waals surface area contributed by atoms with Gasteiger partial charge in [-0.3, -0.25) is 0 Å². The number of hydrogen-bond acceptors (Lipinski definition) is 3. The zero-order valence-corrected chi connectivity index (χ0v) is 13.7. The molecule has 0 aromatic heterocycles. The molecular formula is C15H13BrN2O2S. The van der Waals surface area contributed by atoms with Gasteiger partial charge in [0.05, 0.1) is 16.5 Å². The number of sulfonamides is 1. The molecule has 0 saturated heterocycles. The molecule has 21 heavy (non-hydrogen) atoms. The summed E-state index contributed by atoms with van der Waals surface area (Å²) in [6, 6.07) is 13.9. The molecule has 0 radical (unpaired) electrons. The molecular weight excluding hydrogens is 352 g/mol. The SMILES string of the molecule is Cc1cc(S(=O)(=O)NCc2cccc(Br)c2)ccc1C#N. The minimum Gasteiger partial charge on any atom is -0.207 e. The Morgan fingerprint density at radius 2 is 2.00 bits per heavy atom. The number of nitriles is 1. The molecule has 2 aromatic rings. The van der Waals surface area contributed by atoms with Crippen LogP contribution in [-0.4, -0.2) is 8.42 Å². The highest BCUT2D eigenvalue weighted by atomic mass is 79.9. The molecule has 0 aliphatic rings. The lowest BCUT2D eigenvalue weighted by atomic mass is 10.1. The first-order valence-corrected chi connectivity index (χ1v) is 8.45. The molecule has 6 heteroatoms. The molecule has 1 N–H and O–H groups in total. The lowest BCUT2D eigenvalue weighted by Gasteiger charge is -2.08. The summed E-state index contributed by atoms with van der Waals surface area (Å²) in [6.07, 6.45) is 0. The van der Waals surface area contributed by atoms with Crippen LogP contribution in [0.25, 0.3) is 0 Å². The van der Waals surface area contributed by atoms with E-state index in [-0.39, 0.29) is 11.4 Å². The third-order valence-electron chi connectivity index (χ3n) is 2.98. The van der Waals surface area contributed by atoms with Crippen molar-refractivity contribution < 1.29 is 8.42 Å². The smallest absolute Gasteiger partial charge is 0.207 e. The number of halogens is 1. The summed E-state index contributed by atoms with van der Waals surface area (Å²) < 4.78 is 27.9. The van der Waals surface area contributed by atoms with Crippen molar-refractivity contribution in [3.8, 4) is 6.07 Å². The largest absolute Gasteiger partial charge is 0.240 e. The van der Waals surface area contributed by atoms with Gasteiger partial charge in [0.1, 0.15) is 0 Å². The summed E-state index contributed by atoms with van der Waals surface area (Å²) in [6.45, 7) is 1.92. The number of benzene rings is 2. The van der Waals surface area contributed by atoms with Gasteiger partial charge in [0.15, 0.2) is 0 Å². The Hall–Kier alpha value is -1.68. The normalized spacial score (nSPS) is 11.1. The summed E-state index contributed by atoms with van der Waals surface area (Å²) in [4.78, 5) is 0.161. The van der Waals surface area contributed by atoms with Gasteiger partial charge in [-0.1, -0.05) is 28.1 Å². The summed E-state index contributed by atoms with van der Waals surface area (Å²) in [5.74, 6) is 0. The molecule has 0 saturated carbocycles. The van der Waals surface area contributed by atoms with Crippen LogP contribution in [0.1, 0.15) is 16.7 Å². The van der Waals surface area contributed by atoms with Crippen molar-refractivity contribution in [3.05, 3.63) is 63.6 Å². The van der Waals surface area contributed by atoms with E-state index < -0.39 is 10.0 Å². The third-order valence-corrected chi connectivity index (χ3v) is 4.88. The second-order valence-corrected chi connectivity index (χ2v) is 7.23. The van der Waals surface area contributed by atoms with E-state index in [1.165, 1.54) is 18.2 Å². The van der Waals surface area contributed by atoms with E-state index in [1.54, 1.807) is 6.92 Å². The Labute approximate surface area is 132 Å². The van der Waals surface area contributed by atoms with Crippen molar-refractivity contribution in [3.63, 3.8) is 0 Å². The van der Waals surface area contributed by atoms with Crippen LogP contribution in [0.3, 0.4) is 0 Å². The van der Waals surface area contributed by atoms with E-state index in [0.29, 0.717) is 11.1 Å². The van der Waals surface area contributed by atoms with E-state index in [1.807, 2.05) is 30.3 Å². The Balaban J connectivity index is 2.19. The summed E-state index contributed by atoms with van der Waals surface area (Å²) in [5.41, 5.74) is 1.97. The Morgan fingerprint density at radius 3 is 2.62 bits per heavy atom. The van der Waals surface area contributed by atoms with Crippen molar-refractivity contribution in [1.82, 2.24) is 4.72 Å². The maximum Gasteiger partial charge on any atom is 0.240 e. The van der Waals surface area contributed by atoms with E-state index in [0.717, 1.165) is 10.0 Å². The molecule has 0 spiro atoms. The van der Waals surface area contributed by atoms with Crippen LogP contribution >= 0.6 is 15.9 Å².